The van der Waals surface area contributed by atoms with E-state index in [1.807, 2.05) is 6.92 Å². The second kappa shape index (κ2) is 6.77. The molecule has 0 heterocycles. The summed E-state index contributed by atoms with van der Waals surface area (Å²) in [5, 5.41) is 5.60. The van der Waals surface area contributed by atoms with E-state index in [0.29, 0.717) is 5.56 Å². The Morgan fingerprint density at radius 2 is 2.11 bits per heavy atom. The lowest BCUT2D eigenvalue weighted by atomic mass is 10.1. The number of carbonyl (C=O) groups is 1. The van der Waals surface area contributed by atoms with Crippen LogP contribution in [0.4, 0.5) is 4.39 Å². The lowest BCUT2D eigenvalue weighted by molar-refractivity contribution is -0.122. The summed E-state index contributed by atoms with van der Waals surface area (Å²) >= 11 is 0. The van der Waals surface area contributed by atoms with Gasteiger partial charge >= 0.3 is 0 Å². The van der Waals surface area contributed by atoms with Gasteiger partial charge in [-0.05, 0) is 19.9 Å². The van der Waals surface area contributed by atoms with Crippen molar-refractivity contribution in [1.29, 1.82) is 0 Å². The molecule has 0 radical (unpaired) electrons. The van der Waals surface area contributed by atoms with E-state index in [-0.39, 0.29) is 24.3 Å². The highest BCUT2D eigenvalue weighted by Crippen LogP contribution is 2.16. The lowest BCUT2D eigenvalue weighted by Gasteiger charge is -2.20. The minimum atomic E-state index is -0.437. The first-order valence-corrected chi connectivity index (χ1v) is 5.78. The first-order chi connectivity index (χ1) is 8.56. The maximum Gasteiger partial charge on any atom is 0.237 e. The summed E-state index contributed by atoms with van der Waals surface area (Å²) in [5.41, 5.74) is 0.536. The Labute approximate surface area is 107 Å². The molecule has 0 spiro atoms. The van der Waals surface area contributed by atoms with E-state index >= 15 is 0 Å². The van der Waals surface area contributed by atoms with Crippen molar-refractivity contribution >= 4 is 5.91 Å². The molecule has 0 saturated carbocycles. The van der Waals surface area contributed by atoms with Crippen LogP contribution in [0.1, 0.15) is 25.5 Å². The summed E-state index contributed by atoms with van der Waals surface area (Å²) in [6.45, 7) is 3.71. The van der Waals surface area contributed by atoms with E-state index in [1.54, 1.807) is 25.1 Å². The molecule has 4 heteroatoms. The number of benzene rings is 1. The fourth-order valence-electron chi connectivity index (χ4n) is 1.66. The fraction of sp³-hybridized carbons (Fsp3) is 0.357. The number of terminal acetylenes is 1. The quantitative estimate of drug-likeness (QED) is 0.777. The van der Waals surface area contributed by atoms with Crippen molar-refractivity contribution in [2.45, 2.75) is 25.9 Å². The molecule has 0 saturated heterocycles. The molecule has 2 atom stereocenters. The van der Waals surface area contributed by atoms with Crippen molar-refractivity contribution < 1.29 is 9.18 Å². The molecule has 0 aromatic heterocycles. The molecule has 2 N–H and O–H groups in total. The van der Waals surface area contributed by atoms with Gasteiger partial charge in [-0.2, -0.15) is 0 Å². The average molecular weight is 248 g/mol. The molecule has 3 nitrogen and oxygen atoms in total. The van der Waals surface area contributed by atoms with Crippen LogP contribution in [0, 0.1) is 18.2 Å². The number of hydrogen-bond acceptors (Lipinski definition) is 2. The summed E-state index contributed by atoms with van der Waals surface area (Å²) < 4.78 is 13.5. The van der Waals surface area contributed by atoms with Crippen molar-refractivity contribution in [3.8, 4) is 12.3 Å². The Hall–Kier alpha value is -1.86. The van der Waals surface area contributed by atoms with Crippen LogP contribution in [0.15, 0.2) is 24.3 Å². The number of rotatable bonds is 5. The highest BCUT2D eigenvalue weighted by atomic mass is 19.1. The smallest absolute Gasteiger partial charge is 0.237 e. The molecular formula is C14H17FN2O. The van der Waals surface area contributed by atoms with E-state index in [0.717, 1.165) is 0 Å². The number of nitrogens with one attached hydrogen (secondary N) is 2. The van der Waals surface area contributed by atoms with E-state index in [2.05, 4.69) is 16.6 Å². The van der Waals surface area contributed by atoms with Gasteiger partial charge in [-0.1, -0.05) is 24.1 Å². The van der Waals surface area contributed by atoms with Crippen molar-refractivity contribution in [3.05, 3.63) is 35.6 Å². The van der Waals surface area contributed by atoms with Gasteiger partial charge in [-0.15, -0.1) is 6.42 Å². The molecule has 2 unspecified atom stereocenters. The maximum atomic E-state index is 13.5. The van der Waals surface area contributed by atoms with Gasteiger partial charge in [-0.25, -0.2) is 4.39 Å². The van der Waals surface area contributed by atoms with E-state index in [9.17, 15) is 9.18 Å². The third kappa shape index (κ3) is 3.86. The third-order valence-electron chi connectivity index (χ3n) is 2.63. The van der Waals surface area contributed by atoms with Crippen LogP contribution in [0.25, 0.3) is 0 Å². The predicted molar refractivity (Wildman–Crippen MR) is 69.3 cm³/mol. The van der Waals surface area contributed by atoms with Gasteiger partial charge in [-0.3, -0.25) is 10.1 Å². The molecule has 96 valence electrons. The molecule has 1 aromatic carbocycles. The predicted octanol–water partition coefficient (Wildman–Crippen LogP) is 1.61. The molecule has 1 aromatic rings. The van der Waals surface area contributed by atoms with Gasteiger partial charge in [0, 0.05) is 11.6 Å². The zero-order chi connectivity index (χ0) is 13.5. The van der Waals surface area contributed by atoms with Crippen molar-refractivity contribution in [2.75, 3.05) is 6.54 Å². The summed E-state index contributed by atoms with van der Waals surface area (Å²) in [6, 6.07) is 5.80. The molecule has 0 aliphatic rings. The van der Waals surface area contributed by atoms with Gasteiger partial charge in [0.1, 0.15) is 5.82 Å². The number of carbonyl (C=O) groups excluding carboxylic acids is 1. The van der Waals surface area contributed by atoms with Crippen LogP contribution in [0.5, 0.6) is 0 Å². The average Bonchev–Trinajstić information content (AvgIpc) is 2.36. The minimum Gasteiger partial charge on any atom is -0.344 e. The highest BCUT2D eigenvalue weighted by molar-refractivity contribution is 5.81. The van der Waals surface area contributed by atoms with Crippen LogP contribution < -0.4 is 10.6 Å². The van der Waals surface area contributed by atoms with E-state index < -0.39 is 6.04 Å². The van der Waals surface area contributed by atoms with Crippen LogP contribution in [0.2, 0.25) is 0 Å². The Balaban J connectivity index is 2.60. The normalized spacial score (nSPS) is 13.4. The van der Waals surface area contributed by atoms with Gasteiger partial charge in [0.15, 0.2) is 0 Å². The number of halogens is 1. The second-order valence-corrected chi connectivity index (χ2v) is 4.05. The summed E-state index contributed by atoms with van der Waals surface area (Å²) in [4.78, 5) is 11.6. The maximum absolute atomic E-state index is 13.5. The minimum absolute atomic E-state index is 0.193. The zero-order valence-electron chi connectivity index (χ0n) is 10.5. The summed E-state index contributed by atoms with van der Waals surface area (Å²) in [6.07, 6.45) is 5.05. The van der Waals surface area contributed by atoms with Crippen LogP contribution in [-0.4, -0.2) is 18.5 Å². The number of hydrogen-bond donors (Lipinski definition) is 2. The van der Waals surface area contributed by atoms with Crippen LogP contribution in [0.3, 0.4) is 0 Å². The van der Waals surface area contributed by atoms with Crippen molar-refractivity contribution in [3.63, 3.8) is 0 Å². The Morgan fingerprint density at radius 3 is 2.72 bits per heavy atom. The van der Waals surface area contributed by atoms with Gasteiger partial charge in [0.05, 0.1) is 12.6 Å². The van der Waals surface area contributed by atoms with Crippen LogP contribution >= 0.6 is 0 Å². The first-order valence-electron chi connectivity index (χ1n) is 5.78. The number of amides is 1. The van der Waals surface area contributed by atoms with Gasteiger partial charge in [0.2, 0.25) is 5.91 Å². The Kier molecular flexibility index (Phi) is 5.34. The van der Waals surface area contributed by atoms with Gasteiger partial charge in [0.25, 0.3) is 0 Å². The molecule has 0 aliphatic carbocycles. The van der Waals surface area contributed by atoms with Gasteiger partial charge < -0.3 is 5.32 Å². The molecule has 0 aliphatic heterocycles. The van der Waals surface area contributed by atoms with E-state index in [4.69, 9.17) is 6.42 Å². The molecule has 0 bridgehead atoms. The SMILES string of the molecule is C#CCNC(=O)C(C)NC(C)c1ccccc1F. The van der Waals surface area contributed by atoms with Crippen molar-refractivity contribution in [2.24, 2.45) is 0 Å². The highest BCUT2D eigenvalue weighted by Gasteiger charge is 2.17. The largest absolute Gasteiger partial charge is 0.344 e. The van der Waals surface area contributed by atoms with E-state index in [1.165, 1.54) is 6.07 Å². The second-order valence-electron chi connectivity index (χ2n) is 4.05. The molecular weight excluding hydrogens is 231 g/mol. The molecule has 0 fully saturated rings. The molecule has 1 rings (SSSR count). The summed E-state index contributed by atoms with van der Waals surface area (Å²) in [5.74, 6) is 1.85. The lowest BCUT2D eigenvalue weighted by Crippen LogP contribution is -2.43. The zero-order valence-corrected chi connectivity index (χ0v) is 10.5. The van der Waals surface area contributed by atoms with Crippen molar-refractivity contribution in [1.82, 2.24) is 10.6 Å². The molecule has 18 heavy (non-hydrogen) atoms. The Bertz CT molecular complexity index is 453. The first kappa shape index (κ1) is 14.2. The Morgan fingerprint density at radius 1 is 1.44 bits per heavy atom. The van der Waals surface area contributed by atoms with Crippen LogP contribution in [-0.2, 0) is 4.79 Å². The third-order valence-corrected chi connectivity index (χ3v) is 2.63. The topological polar surface area (TPSA) is 41.1 Å². The molecule has 1 amide bonds. The summed E-state index contributed by atoms with van der Waals surface area (Å²) in [7, 11) is 0. The standard InChI is InChI=1S/C14H17FN2O/c1-4-9-16-14(18)11(3)17-10(2)12-7-5-6-8-13(12)15/h1,5-8,10-11,17H,9H2,2-3H3,(H,16,18). The monoisotopic (exact) mass is 248 g/mol. The fourth-order valence-corrected chi connectivity index (χ4v) is 1.66.